The van der Waals surface area contributed by atoms with Crippen LogP contribution in [0.1, 0.15) is 24.8 Å². The van der Waals surface area contributed by atoms with E-state index in [1.807, 2.05) is 0 Å². The highest BCUT2D eigenvalue weighted by Crippen LogP contribution is 2.20. The van der Waals surface area contributed by atoms with Gasteiger partial charge in [0.15, 0.2) is 5.96 Å². The van der Waals surface area contributed by atoms with Crippen molar-refractivity contribution in [2.75, 3.05) is 27.2 Å². The van der Waals surface area contributed by atoms with Crippen LogP contribution in [0.15, 0.2) is 29.3 Å². The van der Waals surface area contributed by atoms with Crippen molar-refractivity contribution < 1.29 is 9.18 Å². The molecule has 0 bridgehead atoms. The molecule has 1 heterocycles. The Labute approximate surface area is 137 Å². The number of amides is 1. The molecule has 6 heteroatoms. The van der Waals surface area contributed by atoms with Crippen molar-refractivity contribution in [2.45, 2.75) is 25.8 Å². The number of aliphatic imine (C=N–C) groups is 1. The number of halogens is 1. The molecule has 0 aromatic heterocycles. The topological polar surface area (TPSA) is 56.7 Å². The standard InChI is InChI=1S/C17H25FN4O/c1-19-16(23)11-13-7-9-22(10-8-13)17(20-2)21-12-14-3-5-15(18)6-4-14/h3-6,13H,7-12H2,1-2H3,(H,19,23)(H,20,21). The normalized spacial score (nSPS) is 16.3. The fourth-order valence-electron chi connectivity index (χ4n) is 2.83. The second kappa shape index (κ2) is 8.50. The lowest BCUT2D eigenvalue weighted by atomic mass is 9.93. The summed E-state index contributed by atoms with van der Waals surface area (Å²) >= 11 is 0. The molecule has 1 aliphatic heterocycles. The molecule has 1 aromatic carbocycles. The largest absolute Gasteiger partial charge is 0.359 e. The van der Waals surface area contributed by atoms with Crippen LogP contribution in [0.25, 0.3) is 0 Å². The highest BCUT2D eigenvalue weighted by atomic mass is 19.1. The van der Waals surface area contributed by atoms with Gasteiger partial charge in [0.1, 0.15) is 5.82 Å². The first-order valence-corrected chi connectivity index (χ1v) is 8.03. The Morgan fingerprint density at radius 2 is 1.96 bits per heavy atom. The molecular formula is C17H25FN4O. The maximum Gasteiger partial charge on any atom is 0.220 e. The molecule has 23 heavy (non-hydrogen) atoms. The van der Waals surface area contributed by atoms with Crippen LogP contribution in [0.5, 0.6) is 0 Å². The highest BCUT2D eigenvalue weighted by Gasteiger charge is 2.22. The lowest BCUT2D eigenvalue weighted by Crippen LogP contribution is -2.45. The third-order valence-electron chi connectivity index (χ3n) is 4.24. The Kier molecular flexibility index (Phi) is 6.38. The maximum atomic E-state index is 12.9. The summed E-state index contributed by atoms with van der Waals surface area (Å²) in [7, 11) is 3.45. The van der Waals surface area contributed by atoms with Gasteiger partial charge in [-0.15, -0.1) is 0 Å². The minimum atomic E-state index is -0.226. The number of nitrogens with one attached hydrogen (secondary N) is 2. The molecule has 1 aliphatic rings. The van der Waals surface area contributed by atoms with Crippen LogP contribution >= 0.6 is 0 Å². The van der Waals surface area contributed by atoms with Gasteiger partial charge in [-0.1, -0.05) is 12.1 Å². The number of hydrogen-bond donors (Lipinski definition) is 2. The average Bonchev–Trinajstić information content (AvgIpc) is 2.58. The minimum Gasteiger partial charge on any atom is -0.359 e. The van der Waals surface area contributed by atoms with Gasteiger partial charge in [0.05, 0.1) is 0 Å². The van der Waals surface area contributed by atoms with Gasteiger partial charge in [-0.05, 0) is 36.5 Å². The Bertz CT molecular complexity index is 536. The predicted octanol–water partition coefficient (Wildman–Crippen LogP) is 1.75. The Morgan fingerprint density at radius 1 is 1.30 bits per heavy atom. The van der Waals surface area contributed by atoms with E-state index in [1.165, 1.54) is 12.1 Å². The van der Waals surface area contributed by atoms with Gasteiger partial charge < -0.3 is 15.5 Å². The summed E-state index contributed by atoms with van der Waals surface area (Å²) in [5, 5.41) is 6.00. The number of nitrogens with zero attached hydrogens (tertiary/aromatic N) is 2. The molecular weight excluding hydrogens is 295 g/mol. The third kappa shape index (κ3) is 5.23. The molecule has 2 N–H and O–H groups in total. The summed E-state index contributed by atoms with van der Waals surface area (Å²) in [6.07, 6.45) is 2.58. The van der Waals surface area contributed by atoms with Crippen LogP contribution in [0, 0.1) is 11.7 Å². The number of rotatable bonds is 4. The van der Waals surface area contributed by atoms with Gasteiger partial charge >= 0.3 is 0 Å². The van der Waals surface area contributed by atoms with Crippen LogP contribution in [0.2, 0.25) is 0 Å². The van der Waals surface area contributed by atoms with E-state index < -0.39 is 0 Å². The molecule has 1 saturated heterocycles. The van der Waals surface area contributed by atoms with Crippen molar-refractivity contribution in [1.82, 2.24) is 15.5 Å². The minimum absolute atomic E-state index is 0.113. The molecule has 1 fully saturated rings. The summed E-state index contributed by atoms with van der Waals surface area (Å²) in [6, 6.07) is 6.46. The Morgan fingerprint density at radius 3 is 2.52 bits per heavy atom. The van der Waals surface area contributed by atoms with E-state index in [-0.39, 0.29) is 11.7 Å². The molecule has 0 unspecified atom stereocenters. The molecule has 0 atom stereocenters. The summed E-state index contributed by atoms with van der Waals surface area (Å²) in [5.74, 6) is 1.19. The monoisotopic (exact) mass is 320 g/mol. The second-order valence-electron chi connectivity index (χ2n) is 5.83. The van der Waals surface area contributed by atoms with E-state index in [0.717, 1.165) is 37.5 Å². The smallest absolute Gasteiger partial charge is 0.220 e. The number of benzene rings is 1. The Hall–Kier alpha value is -2.11. The first-order valence-electron chi connectivity index (χ1n) is 8.03. The second-order valence-corrected chi connectivity index (χ2v) is 5.83. The van der Waals surface area contributed by atoms with Crippen molar-refractivity contribution in [1.29, 1.82) is 0 Å². The van der Waals surface area contributed by atoms with Gasteiger partial charge in [0, 0.05) is 40.2 Å². The van der Waals surface area contributed by atoms with E-state index in [4.69, 9.17) is 0 Å². The fourth-order valence-corrected chi connectivity index (χ4v) is 2.83. The van der Waals surface area contributed by atoms with Crippen molar-refractivity contribution in [3.63, 3.8) is 0 Å². The summed E-state index contributed by atoms with van der Waals surface area (Å²) in [4.78, 5) is 18.0. The molecule has 1 amide bonds. The zero-order valence-electron chi connectivity index (χ0n) is 13.8. The zero-order valence-corrected chi connectivity index (χ0v) is 13.8. The molecule has 5 nitrogen and oxygen atoms in total. The predicted molar refractivity (Wildman–Crippen MR) is 89.6 cm³/mol. The van der Waals surface area contributed by atoms with Crippen LogP contribution in [-0.2, 0) is 11.3 Å². The van der Waals surface area contributed by atoms with E-state index in [9.17, 15) is 9.18 Å². The molecule has 1 aromatic rings. The molecule has 0 aliphatic carbocycles. The lowest BCUT2D eigenvalue weighted by molar-refractivity contribution is -0.121. The van der Waals surface area contributed by atoms with E-state index in [0.29, 0.717) is 18.9 Å². The first-order chi connectivity index (χ1) is 11.1. The van der Waals surface area contributed by atoms with Crippen LogP contribution in [0.4, 0.5) is 4.39 Å². The number of carbonyl (C=O) groups excluding carboxylic acids is 1. The number of piperidine rings is 1. The molecule has 126 valence electrons. The zero-order chi connectivity index (χ0) is 16.7. The highest BCUT2D eigenvalue weighted by molar-refractivity contribution is 5.80. The van der Waals surface area contributed by atoms with E-state index in [2.05, 4.69) is 20.5 Å². The lowest BCUT2D eigenvalue weighted by Gasteiger charge is -2.34. The van der Waals surface area contributed by atoms with Crippen molar-refractivity contribution in [2.24, 2.45) is 10.9 Å². The van der Waals surface area contributed by atoms with Gasteiger partial charge in [-0.25, -0.2) is 4.39 Å². The molecule has 0 saturated carbocycles. The van der Waals surface area contributed by atoms with E-state index in [1.54, 1.807) is 26.2 Å². The van der Waals surface area contributed by atoms with Gasteiger partial charge in [-0.2, -0.15) is 0 Å². The van der Waals surface area contributed by atoms with Crippen molar-refractivity contribution in [3.05, 3.63) is 35.6 Å². The summed E-state index contributed by atoms with van der Waals surface area (Å²) < 4.78 is 12.9. The maximum absolute atomic E-state index is 12.9. The fraction of sp³-hybridized carbons (Fsp3) is 0.529. The number of hydrogen-bond acceptors (Lipinski definition) is 2. The summed E-state index contributed by atoms with van der Waals surface area (Å²) in [5.41, 5.74) is 1.02. The summed E-state index contributed by atoms with van der Waals surface area (Å²) in [6.45, 7) is 2.40. The average molecular weight is 320 g/mol. The number of carbonyl (C=O) groups is 1. The number of guanidine groups is 1. The Balaban J connectivity index is 1.81. The molecule has 2 rings (SSSR count). The van der Waals surface area contributed by atoms with Crippen LogP contribution in [-0.4, -0.2) is 44.0 Å². The number of likely N-dealkylation sites (tertiary alicyclic amines) is 1. The van der Waals surface area contributed by atoms with Gasteiger partial charge in [0.2, 0.25) is 5.91 Å². The molecule has 0 spiro atoms. The SMILES string of the molecule is CN=C(NCc1ccc(F)cc1)N1CCC(CC(=O)NC)CC1. The van der Waals surface area contributed by atoms with Crippen molar-refractivity contribution in [3.8, 4) is 0 Å². The molecule has 0 radical (unpaired) electrons. The van der Waals surface area contributed by atoms with Gasteiger partial charge in [0.25, 0.3) is 0 Å². The van der Waals surface area contributed by atoms with E-state index >= 15 is 0 Å². The van der Waals surface area contributed by atoms with Crippen LogP contribution in [0.3, 0.4) is 0 Å². The third-order valence-corrected chi connectivity index (χ3v) is 4.24. The van der Waals surface area contributed by atoms with Crippen molar-refractivity contribution >= 4 is 11.9 Å². The van der Waals surface area contributed by atoms with Crippen LogP contribution < -0.4 is 10.6 Å². The van der Waals surface area contributed by atoms with Gasteiger partial charge in [-0.3, -0.25) is 9.79 Å². The quantitative estimate of drug-likeness (QED) is 0.656. The first kappa shape index (κ1) is 17.2.